The molecule has 0 bridgehead atoms. The number of hydrogen-bond acceptors (Lipinski definition) is 2. The van der Waals surface area contributed by atoms with Gasteiger partial charge in [-0.25, -0.2) is 13.1 Å². The Bertz CT molecular complexity index is 213. The molecule has 5 heteroatoms. The maximum absolute atomic E-state index is 10.9. The maximum atomic E-state index is 10.9. The molecule has 0 saturated heterocycles. The Morgan fingerprint density at radius 2 is 2.27 bits per heavy atom. The van der Waals surface area contributed by atoms with Gasteiger partial charge in [0.15, 0.2) is 0 Å². The molecule has 1 N–H and O–H groups in total. The van der Waals surface area contributed by atoms with Crippen molar-refractivity contribution in [3.8, 4) is 0 Å². The summed E-state index contributed by atoms with van der Waals surface area (Å²) in [6.45, 7) is 5.30. The molecule has 0 amide bonds. The Morgan fingerprint density at radius 3 is 2.64 bits per heavy atom. The van der Waals surface area contributed by atoms with E-state index in [-0.39, 0.29) is 10.7 Å². The third-order valence-corrected chi connectivity index (χ3v) is 3.90. The first kappa shape index (κ1) is 11.1. The lowest BCUT2D eigenvalue weighted by molar-refractivity contribution is 0.567. The van der Waals surface area contributed by atoms with Crippen LogP contribution < -0.4 is 4.72 Å². The lowest BCUT2D eigenvalue weighted by Gasteiger charge is -2.09. The molecule has 0 rings (SSSR count). The highest BCUT2D eigenvalue weighted by Gasteiger charge is 2.10. The normalized spacial score (nSPS) is 14.4. The van der Waals surface area contributed by atoms with E-state index >= 15 is 0 Å². The van der Waals surface area contributed by atoms with Crippen molar-refractivity contribution in [2.45, 2.75) is 19.4 Å². The second kappa shape index (κ2) is 4.90. The first-order valence-corrected chi connectivity index (χ1v) is 5.96. The van der Waals surface area contributed by atoms with Gasteiger partial charge in [-0.05, 0) is 13.3 Å². The summed E-state index contributed by atoms with van der Waals surface area (Å²) in [7, 11) is -3.12. The van der Waals surface area contributed by atoms with E-state index in [1.165, 1.54) is 0 Å². The molecule has 1 atom stereocenters. The Hall–Kier alpha value is 0.130. The van der Waals surface area contributed by atoms with Crippen LogP contribution in [0, 0.1) is 0 Å². The molecule has 0 aliphatic heterocycles. The van der Waals surface area contributed by atoms with Gasteiger partial charge >= 0.3 is 0 Å². The fourth-order valence-corrected chi connectivity index (χ4v) is 1.80. The highest BCUT2D eigenvalue weighted by atomic mass is 79.9. The van der Waals surface area contributed by atoms with E-state index in [4.69, 9.17) is 0 Å². The molecular formula is C6H12BrNO2S. The van der Waals surface area contributed by atoms with E-state index in [0.717, 1.165) is 0 Å². The van der Waals surface area contributed by atoms with E-state index in [0.29, 0.717) is 6.42 Å². The van der Waals surface area contributed by atoms with Crippen LogP contribution in [0.15, 0.2) is 12.7 Å². The van der Waals surface area contributed by atoms with Crippen molar-refractivity contribution in [1.82, 2.24) is 4.72 Å². The van der Waals surface area contributed by atoms with Crippen molar-refractivity contribution in [3.63, 3.8) is 0 Å². The van der Waals surface area contributed by atoms with Gasteiger partial charge in [0.1, 0.15) is 4.66 Å². The first-order valence-electron chi connectivity index (χ1n) is 3.18. The quantitative estimate of drug-likeness (QED) is 0.582. The van der Waals surface area contributed by atoms with Crippen molar-refractivity contribution in [2.24, 2.45) is 0 Å². The summed E-state index contributed by atoms with van der Waals surface area (Å²) < 4.78 is 24.2. The van der Waals surface area contributed by atoms with Gasteiger partial charge in [-0.2, -0.15) is 0 Å². The summed E-state index contributed by atoms with van der Waals surface area (Å²) in [6.07, 6.45) is 2.33. The lowest BCUT2D eigenvalue weighted by Crippen LogP contribution is -2.32. The van der Waals surface area contributed by atoms with Crippen LogP contribution in [0.5, 0.6) is 0 Å². The molecule has 0 aromatic carbocycles. The van der Waals surface area contributed by atoms with Gasteiger partial charge in [-0.3, -0.25) is 0 Å². The number of alkyl halides is 1. The Kier molecular flexibility index (Phi) is 4.96. The van der Waals surface area contributed by atoms with E-state index < -0.39 is 10.0 Å². The van der Waals surface area contributed by atoms with Gasteiger partial charge in [0, 0.05) is 6.04 Å². The van der Waals surface area contributed by atoms with Crippen LogP contribution in [-0.4, -0.2) is 19.1 Å². The van der Waals surface area contributed by atoms with Crippen LogP contribution in [0.3, 0.4) is 0 Å². The lowest BCUT2D eigenvalue weighted by atomic mass is 10.3. The standard InChI is InChI=1S/C6H12BrNO2S/c1-3-4-6(2)8-11(9,10)5-7/h3,6,8H,1,4-5H2,2H3. The minimum Gasteiger partial charge on any atom is -0.212 e. The van der Waals surface area contributed by atoms with Crippen molar-refractivity contribution in [2.75, 3.05) is 4.66 Å². The number of rotatable bonds is 5. The summed E-state index contributed by atoms with van der Waals surface area (Å²) in [6, 6.07) is -0.0740. The van der Waals surface area contributed by atoms with Gasteiger partial charge < -0.3 is 0 Å². The van der Waals surface area contributed by atoms with E-state index in [9.17, 15) is 8.42 Å². The summed E-state index contributed by atoms with van der Waals surface area (Å²) in [4.78, 5) is 0. The van der Waals surface area contributed by atoms with Crippen LogP contribution in [-0.2, 0) is 10.0 Å². The van der Waals surface area contributed by atoms with Crippen molar-refractivity contribution in [1.29, 1.82) is 0 Å². The number of halogens is 1. The van der Waals surface area contributed by atoms with Crippen LogP contribution in [0.4, 0.5) is 0 Å². The predicted octanol–water partition coefficient (Wildman–Crippen LogP) is 1.22. The summed E-state index contributed by atoms with van der Waals surface area (Å²) in [5.74, 6) is 0. The highest BCUT2D eigenvalue weighted by Crippen LogP contribution is 1.97. The minimum absolute atomic E-state index is 0.0541. The molecule has 66 valence electrons. The SMILES string of the molecule is C=CCC(C)NS(=O)(=O)CBr. The predicted molar refractivity (Wildman–Crippen MR) is 50.1 cm³/mol. The number of nitrogens with one attached hydrogen (secondary N) is 1. The molecule has 3 nitrogen and oxygen atoms in total. The molecule has 0 aliphatic rings. The zero-order valence-electron chi connectivity index (χ0n) is 6.38. The molecule has 0 spiro atoms. The largest absolute Gasteiger partial charge is 0.221 e. The smallest absolute Gasteiger partial charge is 0.212 e. The summed E-state index contributed by atoms with van der Waals surface area (Å²) >= 11 is 2.87. The zero-order valence-corrected chi connectivity index (χ0v) is 8.78. The molecule has 1 unspecified atom stereocenters. The van der Waals surface area contributed by atoms with Gasteiger partial charge in [-0.1, -0.05) is 22.0 Å². The molecule has 0 aromatic heterocycles. The van der Waals surface area contributed by atoms with Crippen molar-refractivity contribution in [3.05, 3.63) is 12.7 Å². The maximum Gasteiger partial charge on any atom is 0.221 e. The summed E-state index contributed by atoms with van der Waals surface area (Å²) in [5.41, 5.74) is 0. The van der Waals surface area contributed by atoms with E-state index in [2.05, 4.69) is 27.2 Å². The van der Waals surface area contributed by atoms with Crippen molar-refractivity contribution < 1.29 is 8.42 Å². The minimum atomic E-state index is -3.12. The van der Waals surface area contributed by atoms with Crippen LogP contribution in [0.2, 0.25) is 0 Å². The van der Waals surface area contributed by atoms with Crippen molar-refractivity contribution >= 4 is 26.0 Å². The third-order valence-electron chi connectivity index (χ3n) is 1.04. The van der Waals surface area contributed by atoms with E-state index in [1.807, 2.05) is 0 Å². The second-order valence-corrected chi connectivity index (χ2v) is 5.32. The molecule has 0 aromatic rings. The Labute approximate surface area is 76.1 Å². The van der Waals surface area contributed by atoms with Gasteiger partial charge in [0.2, 0.25) is 10.0 Å². The molecule has 0 radical (unpaired) electrons. The molecule has 11 heavy (non-hydrogen) atoms. The van der Waals surface area contributed by atoms with Crippen LogP contribution in [0.1, 0.15) is 13.3 Å². The average molecular weight is 242 g/mol. The van der Waals surface area contributed by atoms with Crippen LogP contribution in [0.25, 0.3) is 0 Å². The molecule has 0 fully saturated rings. The molecular weight excluding hydrogens is 230 g/mol. The fraction of sp³-hybridized carbons (Fsp3) is 0.667. The number of sulfonamides is 1. The monoisotopic (exact) mass is 241 g/mol. The van der Waals surface area contributed by atoms with Crippen LogP contribution >= 0.6 is 15.9 Å². The Balaban J connectivity index is 3.93. The topological polar surface area (TPSA) is 46.2 Å². The second-order valence-electron chi connectivity index (χ2n) is 2.27. The number of hydrogen-bond donors (Lipinski definition) is 1. The zero-order chi connectivity index (χ0) is 8.91. The average Bonchev–Trinajstić information content (AvgIpc) is 1.87. The van der Waals surface area contributed by atoms with Gasteiger partial charge in [-0.15, -0.1) is 6.58 Å². The Morgan fingerprint density at radius 1 is 1.73 bits per heavy atom. The molecule has 0 saturated carbocycles. The molecule has 0 heterocycles. The van der Waals surface area contributed by atoms with E-state index in [1.54, 1.807) is 13.0 Å². The fourth-order valence-electron chi connectivity index (χ4n) is 0.636. The van der Waals surface area contributed by atoms with Gasteiger partial charge in [0.05, 0.1) is 0 Å². The third kappa shape index (κ3) is 5.41. The first-order chi connectivity index (χ1) is 5.02. The summed E-state index contributed by atoms with van der Waals surface area (Å²) in [5, 5.41) is 0. The highest BCUT2D eigenvalue weighted by molar-refractivity contribution is 9.10. The molecule has 0 aliphatic carbocycles. The van der Waals surface area contributed by atoms with Gasteiger partial charge in [0.25, 0.3) is 0 Å².